The van der Waals surface area contributed by atoms with Gasteiger partial charge in [-0.25, -0.2) is 9.37 Å². The molecule has 2 atom stereocenters. The second kappa shape index (κ2) is 10.00. The first-order valence-corrected chi connectivity index (χ1v) is 12.0. The van der Waals surface area contributed by atoms with Crippen molar-refractivity contribution in [2.75, 3.05) is 13.1 Å². The van der Waals surface area contributed by atoms with Crippen LogP contribution < -0.4 is 5.32 Å². The molecule has 1 fully saturated rings. The Labute approximate surface area is 203 Å². The largest absolute Gasteiger partial charge is 0.365 e. The number of aromatic nitrogens is 2. The van der Waals surface area contributed by atoms with E-state index in [1.54, 1.807) is 23.4 Å². The van der Waals surface area contributed by atoms with Crippen molar-refractivity contribution in [3.63, 3.8) is 0 Å². The molecule has 35 heavy (non-hydrogen) atoms. The van der Waals surface area contributed by atoms with Gasteiger partial charge in [-0.05, 0) is 43.0 Å². The molecule has 0 saturated carbocycles. The van der Waals surface area contributed by atoms with Gasteiger partial charge in [0.05, 0.1) is 31.2 Å². The smallest absolute Gasteiger partial charge is 0.274 e. The van der Waals surface area contributed by atoms with Gasteiger partial charge in [0, 0.05) is 19.0 Å². The number of fused-ring (bicyclic) bond motifs is 1. The molecule has 2 amide bonds. The second-order valence-electron chi connectivity index (χ2n) is 9.25. The lowest BCUT2D eigenvalue weighted by atomic mass is 9.95. The fourth-order valence-electron chi connectivity index (χ4n) is 4.84. The van der Waals surface area contributed by atoms with Crippen LogP contribution in [0.4, 0.5) is 4.39 Å². The highest BCUT2D eigenvalue weighted by Crippen LogP contribution is 2.29. The van der Waals surface area contributed by atoms with Gasteiger partial charge < -0.3 is 19.5 Å². The summed E-state index contributed by atoms with van der Waals surface area (Å²) in [4.78, 5) is 32.2. The summed E-state index contributed by atoms with van der Waals surface area (Å²) >= 11 is 0. The average Bonchev–Trinajstić information content (AvgIpc) is 3.32. The van der Waals surface area contributed by atoms with Crippen LogP contribution in [0.25, 0.3) is 0 Å². The van der Waals surface area contributed by atoms with Crippen molar-refractivity contribution in [3.8, 4) is 0 Å². The van der Waals surface area contributed by atoms with Gasteiger partial charge in [-0.1, -0.05) is 42.5 Å². The van der Waals surface area contributed by atoms with Crippen LogP contribution in [0.5, 0.6) is 0 Å². The summed E-state index contributed by atoms with van der Waals surface area (Å²) in [5, 5.41) is 3.02. The van der Waals surface area contributed by atoms with E-state index in [4.69, 9.17) is 4.74 Å². The van der Waals surface area contributed by atoms with Gasteiger partial charge in [-0.3, -0.25) is 9.59 Å². The monoisotopic (exact) mass is 476 g/mol. The van der Waals surface area contributed by atoms with Crippen molar-refractivity contribution in [2.45, 2.75) is 45.1 Å². The van der Waals surface area contributed by atoms with E-state index in [9.17, 15) is 14.0 Å². The van der Waals surface area contributed by atoms with E-state index < -0.39 is 0 Å². The molecule has 182 valence electrons. The van der Waals surface area contributed by atoms with Crippen LogP contribution in [0.1, 0.15) is 59.2 Å². The molecule has 0 spiro atoms. The summed E-state index contributed by atoms with van der Waals surface area (Å²) in [7, 11) is 0. The molecule has 0 bridgehead atoms. The maximum Gasteiger partial charge on any atom is 0.274 e. The highest BCUT2D eigenvalue weighted by Gasteiger charge is 2.32. The van der Waals surface area contributed by atoms with E-state index in [0.29, 0.717) is 44.8 Å². The molecule has 7 nitrogen and oxygen atoms in total. The number of amides is 2. The van der Waals surface area contributed by atoms with E-state index in [0.717, 1.165) is 16.8 Å². The zero-order valence-electron chi connectivity index (χ0n) is 19.7. The van der Waals surface area contributed by atoms with Gasteiger partial charge in [0.25, 0.3) is 5.91 Å². The molecule has 2 aliphatic rings. The summed E-state index contributed by atoms with van der Waals surface area (Å²) in [6, 6.07) is 16.0. The molecule has 1 N–H and O–H groups in total. The van der Waals surface area contributed by atoms with E-state index in [1.807, 2.05) is 41.8 Å². The topological polar surface area (TPSA) is 76.5 Å². The molecule has 1 aromatic heterocycles. The minimum Gasteiger partial charge on any atom is -0.365 e. The van der Waals surface area contributed by atoms with Crippen LogP contribution in [0.2, 0.25) is 0 Å². The molecule has 0 aliphatic carbocycles. The van der Waals surface area contributed by atoms with Crippen LogP contribution in [0.3, 0.4) is 0 Å². The van der Waals surface area contributed by atoms with Gasteiger partial charge in [-0.15, -0.1) is 0 Å². The number of benzene rings is 2. The molecule has 3 aromatic rings. The minimum absolute atomic E-state index is 0.0337. The number of hydrogen-bond acceptors (Lipinski definition) is 4. The number of ether oxygens (including phenoxy) is 1. The minimum atomic E-state index is -0.300. The van der Waals surface area contributed by atoms with Crippen molar-refractivity contribution in [2.24, 2.45) is 5.92 Å². The normalized spacial score (nSPS) is 19.1. The van der Waals surface area contributed by atoms with Gasteiger partial charge in [0.1, 0.15) is 11.9 Å². The zero-order chi connectivity index (χ0) is 24.4. The molecule has 3 heterocycles. The number of carbonyl (C=O) groups excluding carboxylic acids is 2. The Hall–Kier alpha value is -3.52. The first-order valence-electron chi connectivity index (χ1n) is 12.0. The van der Waals surface area contributed by atoms with Crippen molar-refractivity contribution >= 4 is 11.8 Å². The lowest BCUT2D eigenvalue weighted by molar-refractivity contribution is -0.127. The number of carbonyl (C=O) groups is 2. The van der Waals surface area contributed by atoms with Crippen LogP contribution >= 0.6 is 0 Å². The molecule has 1 saturated heterocycles. The van der Waals surface area contributed by atoms with E-state index in [1.165, 1.54) is 12.1 Å². The Morgan fingerprint density at radius 3 is 2.51 bits per heavy atom. The number of nitrogens with one attached hydrogen (secondary N) is 1. The van der Waals surface area contributed by atoms with Gasteiger partial charge in [0.2, 0.25) is 5.91 Å². The number of likely N-dealkylation sites (tertiary alicyclic amines) is 1. The average molecular weight is 477 g/mol. The summed E-state index contributed by atoms with van der Waals surface area (Å²) < 4.78 is 21.2. The second-order valence-corrected chi connectivity index (χ2v) is 9.25. The van der Waals surface area contributed by atoms with Gasteiger partial charge in [-0.2, -0.15) is 0 Å². The first kappa shape index (κ1) is 23.2. The molecular weight excluding hydrogens is 447 g/mol. The molecular formula is C27H29FN4O3. The van der Waals surface area contributed by atoms with E-state index >= 15 is 0 Å². The Morgan fingerprint density at radius 1 is 1.09 bits per heavy atom. The third-order valence-electron chi connectivity index (χ3n) is 6.99. The van der Waals surface area contributed by atoms with Crippen molar-refractivity contribution < 1.29 is 18.7 Å². The number of halogens is 1. The van der Waals surface area contributed by atoms with E-state index in [-0.39, 0.29) is 35.7 Å². The van der Waals surface area contributed by atoms with Crippen molar-refractivity contribution in [1.29, 1.82) is 0 Å². The molecule has 0 unspecified atom stereocenters. The van der Waals surface area contributed by atoms with Gasteiger partial charge >= 0.3 is 0 Å². The van der Waals surface area contributed by atoms with Crippen LogP contribution in [-0.4, -0.2) is 39.4 Å². The van der Waals surface area contributed by atoms with Crippen molar-refractivity contribution in [1.82, 2.24) is 19.8 Å². The Kier molecular flexibility index (Phi) is 6.63. The molecule has 5 rings (SSSR count). The van der Waals surface area contributed by atoms with Crippen molar-refractivity contribution in [3.05, 3.63) is 89.3 Å². The third kappa shape index (κ3) is 4.98. The Bertz CT molecular complexity index is 1190. The molecule has 2 aliphatic heterocycles. The predicted octanol–water partition coefficient (Wildman–Crippen LogP) is 4.02. The van der Waals surface area contributed by atoms with Gasteiger partial charge in [0.15, 0.2) is 5.69 Å². The lowest BCUT2D eigenvalue weighted by Gasteiger charge is -2.32. The standard InChI is InChI=1S/C27H29FN4O3/c1-18(19-7-9-22(28)10-8-19)30-26(33)21-11-13-31(14-12-21)27(34)25-23-16-35-24(15-32(23)17-29-25)20-5-3-2-4-6-20/h2-10,17-18,21,24H,11-16H2,1H3,(H,30,33)/t18-,24+/m1/s1. The zero-order valence-corrected chi connectivity index (χ0v) is 19.7. The molecule has 2 aromatic carbocycles. The first-order chi connectivity index (χ1) is 17.0. The highest BCUT2D eigenvalue weighted by atomic mass is 19.1. The number of nitrogens with zero attached hydrogens (tertiary/aromatic N) is 3. The third-order valence-corrected chi connectivity index (χ3v) is 6.99. The fraction of sp³-hybridized carbons (Fsp3) is 0.370. The number of hydrogen-bond donors (Lipinski definition) is 1. The Balaban J connectivity index is 1.16. The molecule has 0 radical (unpaired) electrons. The number of imidazole rings is 1. The summed E-state index contributed by atoms with van der Waals surface area (Å²) in [6.07, 6.45) is 2.84. The maximum atomic E-state index is 13.2. The van der Waals surface area contributed by atoms with Crippen LogP contribution in [-0.2, 0) is 22.7 Å². The Morgan fingerprint density at radius 2 is 1.80 bits per heavy atom. The number of piperidine rings is 1. The summed E-state index contributed by atoms with van der Waals surface area (Å²) in [5.41, 5.74) is 3.20. The summed E-state index contributed by atoms with van der Waals surface area (Å²) in [5.74, 6) is -0.605. The van der Waals surface area contributed by atoms with Crippen LogP contribution in [0, 0.1) is 11.7 Å². The number of rotatable bonds is 5. The highest BCUT2D eigenvalue weighted by molar-refractivity contribution is 5.93. The summed E-state index contributed by atoms with van der Waals surface area (Å²) in [6.45, 7) is 3.84. The molecule has 8 heteroatoms. The van der Waals surface area contributed by atoms with E-state index in [2.05, 4.69) is 10.3 Å². The quantitative estimate of drug-likeness (QED) is 0.604. The lowest BCUT2D eigenvalue weighted by Crippen LogP contribution is -2.43. The maximum absolute atomic E-state index is 13.2. The van der Waals surface area contributed by atoms with Crippen LogP contribution in [0.15, 0.2) is 60.9 Å². The SMILES string of the molecule is C[C@@H](NC(=O)C1CCN(C(=O)c2ncn3c2CO[C@H](c2ccccc2)C3)CC1)c1ccc(F)cc1. The predicted molar refractivity (Wildman–Crippen MR) is 128 cm³/mol. The fourth-order valence-corrected chi connectivity index (χ4v) is 4.84.